The van der Waals surface area contributed by atoms with Crippen molar-refractivity contribution in [2.24, 2.45) is 5.73 Å². The van der Waals surface area contributed by atoms with Crippen molar-refractivity contribution in [2.75, 3.05) is 39.8 Å². The molecule has 18 heavy (non-hydrogen) atoms. The molecule has 1 heterocycles. The molecule has 1 aliphatic heterocycles. The Morgan fingerprint density at radius 1 is 1.33 bits per heavy atom. The predicted molar refractivity (Wildman–Crippen MR) is 77.6 cm³/mol. The second-order valence-corrected chi connectivity index (χ2v) is 5.61. The SMILES string of the molecule is CNC(=O)CCN1CCN(C(C)(C)C(N)=S)CC1. The minimum atomic E-state index is -0.220. The van der Waals surface area contributed by atoms with Crippen molar-refractivity contribution in [1.29, 1.82) is 0 Å². The highest BCUT2D eigenvalue weighted by Crippen LogP contribution is 2.17. The third-order valence-corrected chi connectivity index (χ3v) is 4.20. The lowest BCUT2D eigenvalue weighted by molar-refractivity contribution is -0.121. The molecule has 0 radical (unpaired) electrons. The first kappa shape index (κ1) is 15.3. The van der Waals surface area contributed by atoms with Crippen molar-refractivity contribution < 1.29 is 4.79 Å². The van der Waals surface area contributed by atoms with Crippen LogP contribution in [-0.2, 0) is 4.79 Å². The Balaban J connectivity index is 2.37. The summed E-state index contributed by atoms with van der Waals surface area (Å²) in [5, 5.41) is 2.64. The van der Waals surface area contributed by atoms with Crippen LogP contribution in [0, 0.1) is 0 Å². The standard InChI is InChI=1S/C12H24N4OS/c1-12(2,11(13)18)16-8-6-15(7-9-16)5-4-10(17)14-3/h4-9H2,1-3H3,(H2,13,18)(H,14,17). The number of rotatable bonds is 5. The van der Waals surface area contributed by atoms with Gasteiger partial charge in [-0.1, -0.05) is 12.2 Å². The summed E-state index contributed by atoms with van der Waals surface area (Å²) in [7, 11) is 1.67. The van der Waals surface area contributed by atoms with Gasteiger partial charge in [0.1, 0.15) is 0 Å². The number of carbonyl (C=O) groups excluding carboxylic acids is 1. The van der Waals surface area contributed by atoms with Gasteiger partial charge in [-0.15, -0.1) is 0 Å². The number of hydrogen-bond donors (Lipinski definition) is 2. The molecule has 1 rings (SSSR count). The van der Waals surface area contributed by atoms with Gasteiger partial charge in [-0.3, -0.25) is 9.69 Å². The van der Waals surface area contributed by atoms with Crippen LogP contribution >= 0.6 is 12.2 Å². The summed E-state index contributed by atoms with van der Waals surface area (Å²) in [4.78, 5) is 16.3. The van der Waals surface area contributed by atoms with Crippen LogP contribution in [0.15, 0.2) is 0 Å². The summed E-state index contributed by atoms with van der Waals surface area (Å²) in [6, 6.07) is 0. The fraction of sp³-hybridized carbons (Fsp3) is 0.833. The van der Waals surface area contributed by atoms with Gasteiger partial charge < -0.3 is 16.0 Å². The van der Waals surface area contributed by atoms with Crippen molar-refractivity contribution in [3.8, 4) is 0 Å². The highest BCUT2D eigenvalue weighted by molar-refractivity contribution is 7.80. The number of nitrogens with zero attached hydrogens (tertiary/aromatic N) is 2. The second-order valence-electron chi connectivity index (χ2n) is 5.18. The van der Waals surface area contributed by atoms with Crippen LogP contribution in [0.2, 0.25) is 0 Å². The van der Waals surface area contributed by atoms with Crippen molar-refractivity contribution in [3.05, 3.63) is 0 Å². The maximum absolute atomic E-state index is 11.2. The van der Waals surface area contributed by atoms with Crippen LogP contribution in [0.1, 0.15) is 20.3 Å². The maximum atomic E-state index is 11.2. The Labute approximate surface area is 115 Å². The third-order valence-electron chi connectivity index (χ3n) is 3.70. The fourth-order valence-electron chi connectivity index (χ4n) is 2.07. The zero-order valence-corrected chi connectivity index (χ0v) is 12.3. The van der Waals surface area contributed by atoms with E-state index in [2.05, 4.69) is 29.0 Å². The number of nitrogens with two attached hydrogens (primary N) is 1. The van der Waals surface area contributed by atoms with Crippen LogP contribution in [-0.4, -0.2) is 66.0 Å². The molecule has 1 fully saturated rings. The Hall–Kier alpha value is -0.720. The molecule has 0 atom stereocenters. The molecule has 0 bridgehead atoms. The lowest BCUT2D eigenvalue weighted by Crippen LogP contribution is -2.59. The summed E-state index contributed by atoms with van der Waals surface area (Å²) in [6.45, 7) is 8.76. The predicted octanol–water partition coefficient (Wildman–Crippen LogP) is -0.195. The van der Waals surface area contributed by atoms with Crippen LogP contribution < -0.4 is 11.1 Å². The smallest absolute Gasteiger partial charge is 0.221 e. The van der Waals surface area contributed by atoms with E-state index < -0.39 is 0 Å². The average Bonchev–Trinajstić information content (AvgIpc) is 2.36. The Bertz CT molecular complexity index is 311. The van der Waals surface area contributed by atoms with Crippen molar-refractivity contribution in [2.45, 2.75) is 25.8 Å². The minimum Gasteiger partial charge on any atom is -0.392 e. The number of hydrogen-bond acceptors (Lipinski definition) is 4. The number of piperazine rings is 1. The summed E-state index contributed by atoms with van der Waals surface area (Å²) >= 11 is 5.11. The van der Waals surface area contributed by atoms with E-state index in [1.165, 1.54) is 0 Å². The van der Waals surface area contributed by atoms with E-state index in [4.69, 9.17) is 18.0 Å². The van der Waals surface area contributed by atoms with E-state index in [1.807, 2.05) is 0 Å². The van der Waals surface area contributed by atoms with Gasteiger partial charge in [0.2, 0.25) is 5.91 Å². The molecule has 0 spiro atoms. The lowest BCUT2D eigenvalue weighted by atomic mass is 10.0. The van der Waals surface area contributed by atoms with Crippen LogP contribution in [0.3, 0.4) is 0 Å². The Morgan fingerprint density at radius 3 is 2.33 bits per heavy atom. The first-order chi connectivity index (χ1) is 8.37. The molecule has 5 nitrogen and oxygen atoms in total. The van der Waals surface area contributed by atoms with E-state index >= 15 is 0 Å². The maximum Gasteiger partial charge on any atom is 0.221 e. The number of amides is 1. The number of thiocarbonyl (C=S) groups is 1. The summed E-state index contributed by atoms with van der Waals surface area (Å²) in [5.74, 6) is 0.0981. The zero-order chi connectivity index (χ0) is 13.8. The Morgan fingerprint density at radius 2 is 1.89 bits per heavy atom. The van der Waals surface area contributed by atoms with Crippen LogP contribution in [0.25, 0.3) is 0 Å². The molecular formula is C12H24N4OS. The highest BCUT2D eigenvalue weighted by Gasteiger charge is 2.32. The molecule has 3 N–H and O–H groups in total. The second kappa shape index (κ2) is 6.45. The molecule has 6 heteroatoms. The van der Waals surface area contributed by atoms with Crippen molar-refractivity contribution in [1.82, 2.24) is 15.1 Å². The van der Waals surface area contributed by atoms with Gasteiger partial charge in [0.05, 0.1) is 10.5 Å². The summed E-state index contributed by atoms with van der Waals surface area (Å²) in [6.07, 6.45) is 0.565. The van der Waals surface area contributed by atoms with E-state index in [9.17, 15) is 4.79 Å². The van der Waals surface area contributed by atoms with Gasteiger partial charge in [0.15, 0.2) is 0 Å². The molecule has 1 aliphatic rings. The van der Waals surface area contributed by atoms with Gasteiger partial charge in [-0.2, -0.15) is 0 Å². The lowest BCUT2D eigenvalue weighted by Gasteiger charge is -2.43. The molecule has 0 aromatic heterocycles. The number of carbonyl (C=O) groups is 1. The first-order valence-electron chi connectivity index (χ1n) is 6.36. The monoisotopic (exact) mass is 272 g/mol. The van der Waals surface area contributed by atoms with Crippen molar-refractivity contribution in [3.63, 3.8) is 0 Å². The van der Waals surface area contributed by atoms with Crippen LogP contribution in [0.4, 0.5) is 0 Å². The minimum absolute atomic E-state index is 0.0981. The molecule has 1 amide bonds. The van der Waals surface area contributed by atoms with E-state index in [1.54, 1.807) is 7.05 Å². The molecule has 0 aromatic rings. The van der Waals surface area contributed by atoms with Gasteiger partial charge in [-0.25, -0.2) is 0 Å². The van der Waals surface area contributed by atoms with E-state index in [-0.39, 0.29) is 11.4 Å². The topological polar surface area (TPSA) is 61.6 Å². The van der Waals surface area contributed by atoms with Crippen molar-refractivity contribution >= 4 is 23.1 Å². The van der Waals surface area contributed by atoms with Crippen LogP contribution in [0.5, 0.6) is 0 Å². The van der Waals surface area contributed by atoms with Gasteiger partial charge in [-0.05, 0) is 13.8 Å². The molecular weight excluding hydrogens is 248 g/mol. The molecule has 1 saturated heterocycles. The molecule has 104 valence electrons. The number of nitrogens with one attached hydrogen (secondary N) is 1. The normalized spacial score (nSPS) is 18.6. The summed E-state index contributed by atoms with van der Waals surface area (Å²) in [5.41, 5.74) is 5.56. The summed E-state index contributed by atoms with van der Waals surface area (Å²) < 4.78 is 0. The van der Waals surface area contributed by atoms with Gasteiger partial charge in [0, 0.05) is 46.2 Å². The molecule has 0 unspecified atom stereocenters. The molecule has 0 aliphatic carbocycles. The largest absolute Gasteiger partial charge is 0.392 e. The van der Waals surface area contributed by atoms with Gasteiger partial charge >= 0.3 is 0 Å². The fourth-order valence-corrected chi connectivity index (χ4v) is 2.20. The van der Waals surface area contributed by atoms with E-state index in [0.29, 0.717) is 11.4 Å². The average molecular weight is 272 g/mol. The van der Waals surface area contributed by atoms with E-state index in [0.717, 1.165) is 32.7 Å². The Kier molecular flexibility index (Phi) is 5.49. The highest BCUT2D eigenvalue weighted by atomic mass is 32.1. The first-order valence-corrected chi connectivity index (χ1v) is 6.76. The quantitative estimate of drug-likeness (QED) is 0.679. The van der Waals surface area contributed by atoms with Gasteiger partial charge in [0.25, 0.3) is 0 Å². The zero-order valence-electron chi connectivity index (χ0n) is 11.5. The molecule has 0 aromatic carbocycles. The third kappa shape index (κ3) is 3.90. The molecule has 0 saturated carbocycles.